The summed E-state index contributed by atoms with van der Waals surface area (Å²) in [7, 11) is 0.211. The first-order valence-electron chi connectivity index (χ1n) is 10.3. The van der Waals surface area contributed by atoms with Crippen LogP contribution >= 0.6 is 34.4 Å². The topological polar surface area (TPSA) is 73.8 Å². The first kappa shape index (κ1) is 23.7. The summed E-state index contributed by atoms with van der Waals surface area (Å²) in [6.07, 6.45) is 3.21. The highest BCUT2D eigenvalue weighted by Crippen LogP contribution is 2.34. The van der Waals surface area contributed by atoms with E-state index in [4.69, 9.17) is 4.98 Å². The lowest BCUT2D eigenvalue weighted by Gasteiger charge is -2.29. The van der Waals surface area contributed by atoms with Gasteiger partial charge in [-0.3, -0.25) is 9.69 Å². The van der Waals surface area contributed by atoms with E-state index < -0.39 is 16.1 Å². The fraction of sp³-hybridized carbons (Fsp3) is 0.429. The predicted molar refractivity (Wildman–Crippen MR) is 134 cm³/mol. The van der Waals surface area contributed by atoms with Crippen molar-refractivity contribution in [2.24, 2.45) is 0 Å². The molecule has 0 saturated carbocycles. The summed E-state index contributed by atoms with van der Waals surface area (Å²) in [5.41, 5.74) is 0.847. The second-order valence-electron chi connectivity index (χ2n) is 7.83. The van der Waals surface area contributed by atoms with Crippen molar-refractivity contribution >= 4 is 65.7 Å². The molecule has 1 aliphatic rings. The highest BCUT2D eigenvalue weighted by Gasteiger charge is 2.42. The molecule has 0 aliphatic carbocycles. The minimum absolute atomic E-state index is 0.200. The van der Waals surface area contributed by atoms with Crippen molar-refractivity contribution in [2.45, 2.75) is 28.0 Å². The van der Waals surface area contributed by atoms with Gasteiger partial charge < -0.3 is 4.90 Å². The monoisotopic (exact) mass is 510 g/mol. The molecule has 3 aromatic rings. The van der Waals surface area contributed by atoms with Gasteiger partial charge in [-0.05, 0) is 62.8 Å². The molecule has 1 unspecified atom stereocenters. The molecule has 1 fully saturated rings. The van der Waals surface area contributed by atoms with E-state index in [0.29, 0.717) is 37.6 Å². The van der Waals surface area contributed by atoms with Crippen LogP contribution < -0.4 is 4.90 Å². The van der Waals surface area contributed by atoms with Gasteiger partial charge in [0, 0.05) is 24.5 Å². The zero-order valence-corrected chi connectivity index (χ0v) is 21.5. The number of carbonyl (C=O) groups is 1. The van der Waals surface area contributed by atoms with Gasteiger partial charge in [-0.1, -0.05) is 17.4 Å². The summed E-state index contributed by atoms with van der Waals surface area (Å²) >= 11 is 4.32. The molecular weight excluding hydrogens is 485 g/mol. The van der Waals surface area contributed by atoms with E-state index >= 15 is 0 Å². The van der Waals surface area contributed by atoms with E-state index in [1.807, 2.05) is 37.4 Å². The minimum atomic E-state index is -3.70. The maximum Gasteiger partial charge on any atom is 0.253 e. The largest absolute Gasteiger partial charge is 0.308 e. The van der Waals surface area contributed by atoms with E-state index in [9.17, 15) is 13.2 Å². The van der Waals surface area contributed by atoms with E-state index in [1.54, 1.807) is 34.2 Å². The molecule has 4 rings (SSSR count). The summed E-state index contributed by atoms with van der Waals surface area (Å²) < 4.78 is 29.1. The van der Waals surface area contributed by atoms with Gasteiger partial charge >= 0.3 is 0 Å². The number of carbonyl (C=O) groups excluding carboxylic acids is 1. The van der Waals surface area contributed by atoms with Crippen molar-refractivity contribution < 1.29 is 13.2 Å². The molecule has 32 heavy (non-hydrogen) atoms. The Hall–Kier alpha value is -1.50. The Morgan fingerprint density at radius 3 is 2.78 bits per heavy atom. The van der Waals surface area contributed by atoms with E-state index in [0.717, 1.165) is 15.1 Å². The van der Waals surface area contributed by atoms with E-state index in [1.165, 1.54) is 27.0 Å². The highest BCUT2D eigenvalue weighted by atomic mass is 32.2. The molecule has 0 spiro atoms. The van der Waals surface area contributed by atoms with Crippen molar-refractivity contribution in [1.82, 2.24) is 14.2 Å². The molecule has 11 heteroatoms. The molecule has 0 N–H and O–H groups in total. The fourth-order valence-electron chi connectivity index (χ4n) is 3.72. The van der Waals surface area contributed by atoms with Crippen LogP contribution in [0.3, 0.4) is 0 Å². The molecule has 3 heterocycles. The normalized spacial score (nSPS) is 17.4. The van der Waals surface area contributed by atoms with Crippen molar-refractivity contribution in [2.75, 3.05) is 44.9 Å². The van der Waals surface area contributed by atoms with Crippen molar-refractivity contribution in [1.29, 1.82) is 0 Å². The maximum absolute atomic E-state index is 13.8. The van der Waals surface area contributed by atoms with Gasteiger partial charge in [0.15, 0.2) is 5.13 Å². The number of benzene rings is 1. The molecule has 1 amide bonds. The van der Waals surface area contributed by atoms with Crippen LogP contribution in [0.4, 0.5) is 5.13 Å². The quantitative estimate of drug-likeness (QED) is 0.429. The number of thioether (sulfide) groups is 1. The zero-order valence-electron chi connectivity index (χ0n) is 18.2. The van der Waals surface area contributed by atoms with Crippen LogP contribution in [-0.2, 0) is 14.8 Å². The second kappa shape index (κ2) is 9.78. The lowest BCUT2D eigenvalue weighted by molar-refractivity contribution is -0.121. The Kier molecular flexibility index (Phi) is 7.23. The fourth-order valence-corrected chi connectivity index (χ4v) is 8.04. The number of hydrogen-bond donors (Lipinski definition) is 0. The third kappa shape index (κ3) is 4.73. The van der Waals surface area contributed by atoms with Crippen LogP contribution in [0.2, 0.25) is 0 Å². The number of aromatic nitrogens is 1. The van der Waals surface area contributed by atoms with Gasteiger partial charge in [0.1, 0.15) is 10.3 Å². The number of amides is 1. The Morgan fingerprint density at radius 1 is 1.28 bits per heavy atom. The maximum atomic E-state index is 13.8. The molecule has 7 nitrogen and oxygen atoms in total. The SMILES string of the molecule is CSc1ccc2nc(N(CCN(C)C)C(=O)C3CCCN3S(=O)(=O)c3cccs3)sc2c1. The summed E-state index contributed by atoms with van der Waals surface area (Å²) in [4.78, 5) is 23.3. The van der Waals surface area contributed by atoms with Crippen molar-refractivity contribution in [3.8, 4) is 0 Å². The molecule has 1 saturated heterocycles. The third-order valence-corrected chi connectivity index (χ3v) is 10.4. The standard InChI is InChI=1S/C21H26N4O3S4/c1-23(2)11-12-24(21-22-16-9-8-15(29-3)14-18(16)31-21)20(26)17-6-4-10-25(17)32(27,28)19-7-5-13-30-19/h5,7-9,13-14,17H,4,6,10-12H2,1-3H3. The number of fused-ring (bicyclic) bond motifs is 1. The average Bonchev–Trinajstić information content (AvgIpc) is 3.53. The summed E-state index contributed by atoms with van der Waals surface area (Å²) in [6.45, 7) is 1.46. The lowest BCUT2D eigenvalue weighted by atomic mass is 10.2. The zero-order chi connectivity index (χ0) is 22.9. The molecule has 1 aliphatic heterocycles. The van der Waals surface area contributed by atoms with Crippen molar-refractivity contribution in [3.05, 3.63) is 35.7 Å². The molecule has 2 aromatic heterocycles. The lowest BCUT2D eigenvalue weighted by Crippen LogP contribution is -2.49. The number of hydrogen-bond acceptors (Lipinski definition) is 8. The first-order chi connectivity index (χ1) is 15.3. The van der Waals surface area contributed by atoms with Crippen molar-refractivity contribution in [3.63, 3.8) is 0 Å². The summed E-state index contributed by atoms with van der Waals surface area (Å²) in [5.74, 6) is -0.200. The Morgan fingerprint density at radius 2 is 2.09 bits per heavy atom. The summed E-state index contributed by atoms with van der Waals surface area (Å²) in [5, 5.41) is 2.36. The predicted octanol–water partition coefficient (Wildman–Crippen LogP) is 3.83. The van der Waals surface area contributed by atoms with Crippen LogP contribution in [0.5, 0.6) is 0 Å². The molecule has 1 aromatic carbocycles. The van der Waals surface area contributed by atoms with E-state index in [2.05, 4.69) is 6.07 Å². The molecule has 0 radical (unpaired) electrons. The molecule has 172 valence electrons. The van der Waals surface area contributed by atoms with Gasteiger partial charge in [-0.2, -0.15) is 4.31 Å². The number of thiophene rings is 1. The summed E-state index contributed by atoms with van der Waals surface area (Å²) in [6, 6.07) is 8.68. The number of rotatable bonds is 8. The minimum Gasteiger partial charge on any atom is -0.308 e. The second-order valence-corrected chi connectivity index (χ2v) is 12.8. The smallest absolute Gasteiger partial charge is 0.253 e. The number of thiazole rings is 1. The molecule has 0 bridgehead atoms. The highest BCUT2D eigenvalue weighted by molar-refractivity contribution is 7.98. The third-order valence-electron chi connectivity index (χ3n) is 5.40. The molecule has 1 atom stereocenters. The van der Waals surface area contributed by atoms with Crippen LogP contribution in [0.25, 0.3) is 10.2 Å². The van der Waals surface area contributed by atoms with Crippen LogP contribution in [0.15, 0.2) is 44.8 Å². The van der Waals surface area contributed by atoms with Gasteiger partial charge in [0.2, 0.25) is 5.91 Å². The van der Waals surface area contributed by atoms with Gasteiger partial charge in [0.05, 0.1) is 10.2 Å². The van der Waals surface area contributed by atoms with Gasteiger partial charge in [0.25, 0.3) is 10.0 Å². The van der Waals surface area contributed by atoms with Crippen LogP contribution in [-0.4, -0.2) is 74.5 Å². The van der Waals surface area contributed by atoms with Gasteiger partial charge in [-0.25, -0.2) is 13.4 Å². The van der Waals surface area contributed by atoms with Gasteiger partial charge in [-0.15, -0.1) is 23.1 Å². The van der Waals surface area contributed by atoms with Crippen LogP contribution in [0.1, 0.15) is 12.8 Å². The van der Waals surface area contributed by atoms with E-state index in [-0.39, 0.29) is 10.1 Å². The number of sulfonamides is 1. The Bertz CT molecular complexity index is 1190. The molecular formula is C21H26N4O3S4. The first-order valence-corrected chi connectivity index (χ1v) is 14.6. The number of likely N-dealkylation sites (N-methyl/N-ethyl adjacent to an activating group) is 1. The Balaban J connectivity index is 1.67. The Labute approximate surface area is 201 Å². The number of nitrogens with zero attached hydrogens (tertiary/aromatic N) is 4. The number of anilines is 1. The average molecular weight is 511 g/mol. The van der Waals surface area contributed by atoms with Crippen LogP contribution in [0, 0.1) is 0 Å².